The van der Waals surface area contributed by atoms with Gasteiger partial charge in [-0.05, 0) is 36.2 Å². The molecule has 17 heavy (non-hydrogen) atoms. The van der Waals surface area contributed by atoms with Crippen LogP contribution in [0.4, 0.5) is 17.6 Å². The van der Waals surface area contributed by atoms with Crippen molar-refractivity contribution in [2.24, 2.45) is 0 Å². The fourth-order valence-corrected chi connectivity index (χ4v) is 1.80. The van der Waals surface area contributed by atoms with E-state index in [1.807, 2.05) is 25.1 Å². The Balaban J connectivity index is 2.34. The van der Waals surface area contributed by atoms with E-state index in [0.29, 0.717) is 5.95 Å². The first-order valence-corrected chi connectivity index (χ1v) is 5.92. The summed E-state index contributed by atoms with van der Waals surface area (Å²) >= 11 is 9.09. The van der Waals surface area contributed by atoms with Crippen molar-refractivity contribution in [3.63, 3.8) is 0 Å². The zero-order valence-electron chi connectivity index (χ0n) is 8.91. The first-order valence-electron chi connectivity index (χ1n) is 4.75. The zero-order valence-corrected chi connectivity index (χ0v) is 11.2. The molecule has 1 heterocycles. The number of aryl methyl sites for hydroxylation is 1. The van der Waals surface area contributed by atoms with Gasteiger partial charge in [0.15, 0.2) is 0 Å². The number of nitrogens with zero attached hydrogens (tertiary/aromatic N) is 3. The van der Waals surface area contributed by atoms with E-state index in [-0.39, 0.29) is 11.2 Å². The molecule has 3 N–H and O–H groups in total. The highest BCUT2D eigenvalue weighted by Gasteiger charge is 2.05. The van der Waals surface area contributed by atoms with Crippen LogP contribution in [0, 0.1) is 6.92 Å². The molecule has 0 amide bonds. The molecule has 2 rings (SSSR count). The van der Waals surface area contributed by atoms with Crippen molar-refractivity contribution >= 4 is 45.1 Å². The monoisotopic (exact) mass is 313 g/mol. The molecule has 0 spiro atoms. The fourth-order valence-electron chi connectivity index (χ4n) is 1.27. The lowest BCUT2D eigenvalue weighted by Crippen LogP contribution is -2.04. The summed E-state index contributed by atoms with van der Waals surface area (Å²) in [5.74, 6) is 0.406. The molecule has 1 aromatic heterocycles. The summed E-state index contributed by atoms with van der Waals surface area (Å²) < 4.78 is 0.957. The van der Waals surface area contributed by atoms with Crippen LogP contribution in [0.2, 0.25) is 5.28 Å². The Bertz CT molecular complexity index is 540. The molecule has 0 saturated carbocycles. The number of hydrogen-bond donors (Lipinski definition) is 2. The minimum atomic E-state index is 0.0626. The highest BCUT2D eigenvalue weighted by atomic mass is 79.9. The molecule has 5 nitrogen and oxygen atoms in total. The van der Waals surface area contributed by atoms with Crippen LogP contribution >= 0.6 is 27.5 Å². The topological polar surface area (TPSA) is 76.7 Å². The summed E-state index contributed by atoms with van der Waals surface area (Å²) in [5.41, 5.74) is 7.42. The lowest BCUT2D eigenvalue weighted by molar-refractivity contribution is 1.07. The van der Waals surface area contributed by atoms with Crippen LogP contribution in [0.5, 0.6) is 0 Å². The molecule has 0 radical (unpaired) electrons. The number of nitrogens with one attached hydrogen (secondary N) is 1. The normalized spacial score (nSPS) is 10.3. The SMILES string of the molecule is Cc1ccc(Br)cc1Nc1nc(N)nc(Cl)n1. The van der Waals surface area contributed by atoms with Crippen molar-refractivity contribution in [3.05, 3.63) is 33.5 Å². The molecular formula is C10H9BrClN5. The predicted octanol–water partition coefficient (Wildman–Crippen LogP) is 2.92. The van der Waals surface area contributed by atoms with Gasteiger partial charge < -0.3 is 11.1 Å². The predicted molar refractivity (Wildman–Crippen MR) is 71.4 cm³/mol. The number of nitrogen functional groups attached to an aromatic ring is 1. The Kier molecular flexibility index (Phi) is 3.44. The van der Waals surface area contributed by atoms with E-state index in [1.165, 1.54) is 0 Å². The zero-order chi connectivity index (χ0) is 12.4. The van der Waals surface area contributed by atoms with E-state index in [4.69, 9.17) is 17.3 Å². The molecule has 0 unspecified atom stereocenters. The molecule has 0 bridgehead atoms. The number of halogens is 2. The first kappa shape index (κ1) is 12.1. The van der Waals surface area contributed by atoms with Gasteiger partial charge in [0.05, 0.1) is 0 Å². The Morgan fingerprint density at radius 3 is 2.76 bits per heavy atom. The number of nitrogens with two attached hydrogens (primary N) is 1. The second-order valence-corrected chi connectivity index (χ2v) is 4.62. The smallest absolute Gasteiger partial charge is 0.233 e. The van der Waals surface area contributed by atoms with Crippen LogP contribution in [0.3, 0.4) is 0 Å². The molecule has 0 fully saturated rings. The van der Waals surface area contributed by atoms with Crippen molar-refractivity contribution in [3.8, 4) is 0 Å². The highest BCUT2D eigenvalue weighted by Crippen LogP contribution is 2.23. The Labute approximate surface area is 112 Å². The average molecular weight is 315 g/mol. The van der Waals surface area contributed by atoms with Gasteiger partial charge in [0.25, 0.3) is 0 Å². The van der Waals surface area contributed by atoms with Crippen LogP contribution in [-0.2, 0) is 0 Å². The molecular weight excluding hydrogens is 306 g/mol. The lowest BCUT2D eigenvalue weighted by Gasteiger charge is -2.08. The van der Waals surface area contributed by atoms with Crippen molar-refractivity contribution in [2.75, 3.05) is 11.1 Å². The number of hydrogen-bond acceptors (Lipinski definition) is 5. The van der Waals surface area contributed by atoms with Crippen LogP contribution in [-0.4, -0.2) is 15.0 Å². The Morgan fingerprint density at radius 2 is 2.06 bits per heavy atom. The maximum absolute atomic E-state index is 5.70. The molecule has 0 saturated heterocycles. The van der Waals surface area contributed by atoms with Gasteiger partial charge in [0, 0.05) is 10.2 Å². The van der Waals surface area contributed by atoms with Gasteiger partial charge in [-0.1, -0.05) is 22.0 Å². The van der Waals surface area contributed by atoms with Gasteiger partial charge in [-0.3, -0.25) is 0 Å². The Morgan fingerprint density at radius 1 is 1.29 bits per heavy atom. The van der Waals surface area contributed by atoms with E-state index in [1.54, 1.807) is 0 Å². The summed E-state index contributed by atoms with van der Waals surface area (Å²) in [4.78, 5) is 11.6. The van der Waals surface area contributed by atoms with Crippen molar-refractivity contribution in [1.82, 2.24) is 15.0 Å². The molecule has 88 valence electrons. The third-order valence-corrected chi connectivity index (χ3v) is 2.73. The van der Waals surface area contributed by atoms with Crippen LogP contribution in [0.1, 0.15) is 5.56 Å². The van der Waals surface area contributed by atoms with Crippen LogP contribution < -0.4 is 11.1 Å². The van der Waals surface area contributed by atoms with Gasteiger partial charge in [-0.25, -0.2) is 0 Å². The van der Waals surface area contributed by atoms with Crippen LogP contribution in [0.15, 0.2) is 22.7 Å². The molecule has 0 aliphatic rings. The lowest BCUT2D eigenvalue weighted by atomic mass is 10.2. The second kappa shape index (κ2) is 4.85. The minimum absolute atomic E-state index is 0.0626. The third-order valence-electron chi connectivity index (χ3n) is 2.07. The largest absolute Gasteiger partial charge is 0.368 e. The standard InChI is InChI=1S/C10H9BrClN5/c1-5-2-3-6(11)4-7(5)14-10-16-8(12)15-9(13)17-10/h2-4H,1H3,(H3,13,14,15,16,17). The minimum Gasteiger partial charge on any atom is -0.368 e. The average Bonchev–Trinajstić information content (AvgIpc) is 2.22. The molecule has 2 aromatic rings. The number of benzene rings is 1. The molecule has 0 atom stereocenters. The maximum Gasteiger partial charge on any atom is 0.233 e. The highest BCUT2D eigenvalue weighted by molar-refractivity contribution is 9.10. The van der Waals surface area contributed by atoms with Crippen LogP contribution in [0.25, 0.3) is 0 Å². The van der Waals surface area contributed by atoms with Gasteiger partial charge in [0.1, 0.15) is 0 Å². The van der Waals surface area contributed by atoms with Gasteiger partial charge in [-0.2, -0.15) is 15.0 Å². The van der Waals surface area contributed by atoms with Gasteiger partial charge in [-0.15, -0.1) is 0 Å². The number of rotatable bonds is 2. The van der Waals surface area contributed by atoms with Crippen molar-refractivity contribution in [2.45, 2.75) is 6.92 Å². The number of anilines is 3. The van der Waals surface area contributed by atoms with E-state index in [2.05, 4.69) is 36.2 Å². The van der Waals surface area contributed by atoms with Gasteiger partial charge >= 0.3 is 0 Å². The molecule has 1 aromatic carbocycles. The molecule has 7 heteroatoms. The summed E-state index contributed by atoms with van der Waals surface area (Å²) in [7, 11) is 0. The fraction of sp³-hybridized carbons (Fsp3) is 0.100. The van der Waals surface area contributed by atoms with Crippen molar-refractivity contribution < 1.29 is 0 Å². The molecule has 0 aliphatic heterocycles. The molecule has 0 aliphatic carbocycles. The maximum atomic E-state index is 5.70. The van der Waals surface area contributed by atoms with E-state index in [9.17, 15) is 0 Å². The summed E-state index contributed by atoms with van der Waals surface area (Å²) in [6, 6.07) is 5.84. The van der Waals surface area contributed by atoms with E-state index in [0.717, 1.165) is 15.7 Å². The summed E-state index contributed by atoms with van der Waals surface area (Å²) in [6.07, 6.45) is 0. The first-order chi connectivity index (χ1) is 8.04. The summed E-state index contributed by atoms with van der Waals surface area (Å²) in [5, 5.41) is 3.10. The van der Waals surface area contributed by atoms with Gasteiger partial charge in [0.2, 0.25) is 17.2 Å². The summed E-state index contributed by atoms with van der Waals surface area (Å²) in [6.45, 7) is 1.97. The van der Waals surface area contributed by atoms with Crippen molar-refractivity contribution in [1.29, 1.82) is 0 Å². The third kappa shape index (κ3) is 3.04. The van der Waals surface area contributed by atoms with E-state index >= 15 is 0 Å². The van der Waals surface area contributed by atoms with E-state index < -0.39 is 0 Å². The Hall–Kier alpha value is -1.40. The number of aromatic nitrogens is 3. The second-order valence-electron chi connectivity index (χ2n) is 3.37. The quantitative estimate of drug-likeness (QED) is 0.891.